The van der Waals surface area contributed by atoms with Crippen LogP contribution in [0.5, 0.6) is 5.75 Å². The monoisotopic (exact) mass is 458 g/mol. The number of benzene rings is 2. The second kappa shape index (κ2) is 7.89. The van der Waals surface area contributed by atoms with Crippen LogP contribution < -0.4 is 15.8 Å². The summed E-state index contributed by atoms with van der Waals surface area (Å²) >= 11 is 1.37. The molecular weight excluding hydrogens is 432 g/mol. The molecule has 3 aromatic rings. The largest absolute Gasteiger partial charge is 0.497 e. The van der Waals surface area contributed by atoms with Crippen molar-refractivity contribution in [3.05, 3.63) is 87.9 Å². The highest BCUT2D eigenvalue weighted by Gasteiger charge is 2.46. The van der Waals surface area contributed by atoms with Gasteiger partial charge in [0.25, 0.3) is 0 Å². The Balaban J connectivity index is 1.69. The Morgan fingerprint density at radius 1 is 1.09 bits per heavy atom. The van der Waals surface area contributed by atoms with Gasteiger partial charge in [0.1, 0.15) is 16.4 Å². The van der Waals surface area contributed by atoms with Gasteiger partial charge < -0.3 is 15.8 Å². The maximum Gasteiger partial charge on any atom is 0.205 e. The highest BCUT2D eigenvalue weighted by molar-refractivity contribution is 7.19. The molecule has 3 N–H and O–H groups in total. The van der Waals surface area contributed by atoms with E-state index < -0.39 is 0 Å². The van der Waals surface area contributed by atoms with Crippen LogP contribution in [0.25, 0.3) is 0 Å². The average molecular weight is 459 g/mol. The van der Waals surface area contributed by atoms with Crippen molar-refractivity contribution in [2.24, 2.45) is 11.3 Å². The van der Waals surface area contributed by atoms with Crippen LogP contribution in [0.4, 0.5) is 10.7 Å². The Bertz CT molecular complexity index is 1270. The summed E-state index contributed by atoms with van der Waals surface area (Å²) < 4.78 is 5.33. The number of carbonyl (C=O) groups excluding carboxylic acids is 2. The van der Waals surface area contributed by atoms with E-state index in [2.05, 4.69) is 25.2 Å². The second-order valence-electron chi connectivity index (χ2n) is 9.37. The molecular formula is C27H26N2O3S. The lowest BCUT2D eigenvalue weighted by Gasteiger charge is -2.40. The van der Waals surface area contributed by atoms with E-state index in [-0.39, 0.29) is 28.8 Å². The number of ether oxygens (including phenoxy) is 1. The molecule has 0 amide bonds. The summed E-state index contributed by atoms with van der Waals surface area (Å²) in [6, 6.07) is 16.9. The highest BCUT2D eigenvalue weighted by atomic mass is 32.1. The molecule has 2 atom stereocenters. The number of nitrogens with two attached hydrogens (primary N) is 1. The van der Waals surface area contributed by atoms with Gasteiger partial charge >= 0.3 is 0 Å². The number of anilines is 2. The Kier molecular flexibility index (Phi) is 5.13. The number of Topliss-reactive ketones (excluding diaryl/α,β-unsaturated/α-hetero) is 1. The van der Waals surface area contributed by atoms with E-state index in [0.717, 1.165) is 27.6 Å². The van der Waals surface area contributed by atoms with Crippen LogP contribution in [-0.2, 0) is 4.79 Å². The van der Waals surface area contributed by atoms with Gasteiger partial charge in [0.2, 0.25) is 5.78 Å². The standard InChI is InChI=1S/C27H26N2O3S/c1-27(2)13-18-21(19(30)14-27)20(15-9-11-17(32-3)12-10-15)22-23(28)25(33-26(22)29-18)24(31)16-7-5-4-6-8-16/h4-13,20-21,29H,14,28H2,1-3H3/t20-,21-/m1/s1. The predicted octanol–water partition coefficient (Wildman–Crippen LogP) is 5.63. The first-order valence-corrected chi connectivity index (χ1v) is 11.8. The van der Waals surface area contributed by atoms with Gasteiger partial charge in [0.05, 0.1) is 23.7 Å². The number of carbonyl (C=O) groups is 2. The minimum atomic E-state index is -0.365. The SMILES string of the molecule is COc1ccc([C@H]2c3c(sc(C(=O)c4ccccc4)c3N)NC3=CC(C)(C)CC(=O)[C@@H]32)cc1. The van der Waals surface area contributed by atoms with Crippen LogP contribution in [-0.4, -0.2) is 18.7 Å². The van der Waals surface area contributed by atoms with Gasteiger partial charge in [-0.15, -0.1) is 11.3 Å². The zero-order valence-electron chi connectivity index (χ0n) is 18.8. The fourth-order valence-corrected chi connectivity index (χ4v) is 6.14. The summed E-state index contributed by atoms with van der Waals surface area (Å²) in [6.07, 6.45) is 2.62. The summed E-state index contributed by atoms with van der Waals surface area (Å²) in [5.74, 6) is 0.188. The van der Waals surface area contributed by atoms with Crippen LogP contribution in [0.1, 0.15) is 52.5 Å². The zero-order valence-corrected chi connectivity index (χ0v) is 19.7. The summed E-state index contributed by atoms with van der Waals surface area (Å²) in [5, 5.41) is 4.31. The number of nitrogens with one attached hydrogen (secondary N) is 1. The number of hydrogen-bond donors (Lipinski definition) is 2. The van der Waals surface area contributed by atoms with Crippen molar-refractivity contribution < 1.29 is 14.3 Å². The molecule has 2 heterocycles. The Hall–Kier alpha value is -3.38. The molecule has 2 aliphatic rings. The predicted molar refractivity (Wildman–Crippen MR) is 132 cm³/mol. The van der Waals surface area contributed by atoms with Crippen molar-refractivity contribution in [3.8, 4) is 5.75 Å². The Morgan fingerprint density at radius 3 is 2.45 bits per heavy atom. The average Bonchev–Trinajstić information content (AvgIpc) is 3.13. The fourth-order valence-electron chi connectivity index (χ4n) is 4.99. The van der Waals surface area contributed by atoms with Gasteiger partial charge in [-0.2, -0.15) is 0 Å². The van der Waals surface area contributed by atoms with Crippen molar-refractivity contribution >= 4 is 33.6 Å². The van der Waals surface area contributed by atoms with E-state index in [0.29, 0.717) is 22.5 Å². The molecule has 0 saturated carbocycles. The van der Waals surface area contributed by atoms with E-state index in [9.17, 15) is 9.59 Å². The third-order valence-corrected chi connectivity index (χ3v) is 7.60. The molecule has 0 unspecified atom stereocenters. The molecule has 1 aliphatic carbocycles. The second-order valence-corrected chi connectivity index (χ2v) is 10.4. The van der Waals surface area contributed by atoms with Crippen molar-refractivity contribution in [1.29, 1.82) is 0 Å². The van der Waals surface area contributed by atoms with Gasteiger partial charge in [0.15, 0.2) is 0 Å². The van der Waals surface area contributed by atoms with Gasteiger partial charge in [0, 0.05) is 29.2 Å². The molecule has 33 heavy (non-hydrogen) atoms. The molecule has 5 rings (SSSR count). The molecule has 2 aromatic carbocycles. The Morgan fingerprint density at radius 2 is 1.79 bits per heavy atom. The summed E-state index contributed by atoms with van der Waals surface area (Å²) in [5.41, 5.74) is 10.2. The minimum absolute atomic E-state index is 0.105. The topological polar surface area (TPSA) is 81.4 Å². The number of allylic oxidation sites excluding steroid dienone is 2. The number of thiophene rings is 1. The third-order valence-electron chi connectivity index (χ3n) is 6.46. The van der Waals surface area contributed by atoms with Crippen molar-refractivity contribution in [3.63, 3.8) is 0 Å². The molecule has 0 radical (unpaired) electrons. The van der Waals surface area contributed by atoms with E-state index >= 15 is 0 Å². The summed E-state index contributed by atoms with van der Waals surface area (Å²) in [6.45, 7) is 4.14. The highest BCUT2D eigenvalue weighted by Crippen LogP contribution is 2.54. The molecule has 168 valence electrons. The molecule has 5 nitrogen and oxygen atoms in total. The molecule has 1 aliphatic heterocycles. The van der Waals surface area contributed by atoms with Gasteiger partial charge in [-0.1, -0.05) is 62.4 Å². The molecule has 0 spiro atoms. The number of fused-ring (bicyclic) bond motifs is 2. The lowest BCUT2D eigenvalue weighted by molar-refractivity contribution is -0.124. The fraction of sp³-hybridized carbons (Fsp3) is 0.259. The summed E-state index contributed by atoms with van der Waals surface area (Å²) in [4.78, 5) is 27.2. The maximum atomic E-state index is 13.4. The van der Waals surface area contributed by atoms with E-state index in [1.54, 1.807) is 19.2 Å². The van der Waals surface area contributed by atoms with E-state index in [1.165, 1.54) is 11.3 Å². The first-order valence-electron chi connectivity index (χ1n) is 11.0. The first-order chi connectivity index (χ1) is 15.8. The smallest absolute Gasteiger partial charge is 0.205 e. The van der Waals surface area contributed by atoms with Gasteiger partial charge in [-0.25, -0.2) is 0 Å². The van der Waals surface area contributed by atoms with Gasteiger partial charge in [-0.05, 0) is 23.1 Å². The number of rotatable bonds is 4. The van der Waals surface area contributed by atoms with Crippen LogP contribution in [0.3, 0.4) is 0 Å². The Labute approximate surface area is 197 Å². The maximum absolute atomic E-state index is 13.4. The van der Waals surface area contributed by atoms with Crippen LogP contribution in [0.15, 0.2) is 66.4 Å². The minimum Gasteiger partial charge on any atom is -0.497 e. The van der Waals surface area contributed by atoms with E-state index in [4.69, 9.17) is 10.5 Å². The van der Waals surface area contributed by atoms with Crippen LogP contribution in [0, 0.1) is 11.3 Å². The lowest BCUT2D eigenvalue weighted by Crippen LogP contribution is -2.38. The summed E-state index contributed by atoms with van der Waals surface area (Å²) in [7, 11) is 1.63. The lowest BCUT2D eigenvalue weighted by atomic mass is 9.67. The number of nitrogen functional groups attached to an aromatic ring is 1. The number of methoxy groups -OCH3 is 1. The molecule has 1 aromatic heterocycles. The van der Waals surface area contributed by atoms with Crippen molar-refractivity contribution in [2.75, 3.05) is 18.2 Å². The van der Waals surface area contributed by atoms with Crippen molar-refractivity contribution in [1.82, 2.24) is 0 Å². The van der Waals surface area contributed by atoms with Crippen molar-refractivity contribution in [2.45, 2.75) is 26.2 Å². The first kappa shape index (κ1) is 21.5. The number of hydrogen-bond acceptors (Lipinski definition) is 6. The third kappa shape index (κ3) is 3.64. The molecule has 6 heteroatoms. The zero-order chi connectivity index (χ0) is 23.3. The van der Waals surface area contributed by atoms with Gasteiger partial charge in [-0.3, -0.25) is 9.59 Å². The number of ketones is 2. The van der Waals surface area contributed by atoms with Crippen LogP contribution in [0.2, 0.25) is 0 Å². The quantitative estimate of drug-likeness (QED) is 0.496. The molecule has 0 fully saturated rings. The molecule has 0 saturated heterocycles. The van der Waals surface area contributed by atoms with E-state index in [1.807, 2.05) is 42.5 Å². The normalized spacial score (nSPS) is 20.8. The van der Waals surface area contributed by atoms with Crippen LogP contribution >= 0.6 is 11.3 Å². The molecule has 0 bridgehead atoms.